The molecule has 0 unspecified atom stereocenters. The minimum Gasteiger partial charge on any atom is -0.595 e. The van der Waals surface area contributed by atoms with E-state index in [1.807, 2.05) is 6.92 Å². The number of carbonyl (C=O) groups is 4. The van der Waals surface area contributed by atoms with Gasteiger partial charge in [-0.05, 0) is 18.8 Å². The van der Waals surface area contributed by atoms with Crippen LogP contribution in [0.4, 0.5) is 0 Å². The van der Waals surface area contributed by atoms with Crippen molar-refractivity contribution < 1.29 is 70.6 Å². The monoisotopic (exact) mass is 291 g/mol. The number of carbonyl (C=O) groups excluding carboxylic acids is 4. The second-order valence-electron chi connectivity index (χ2n) is 4.71. The molecule has 0 N–H and O–H groups in total. The Balaban J connectivity index is 0.00000162. The molecule has 6 nitrogen and oxygen atoms in total. The zero-order valence-electron chi connectivity index (χ0n) is 11.7. The Morgan fingerprint density at radius 3 is 1.89 bits per heavy atom. The van der Waals surface area contributed by atoms with E-state index in [-0.39, 0.29) is 88.4 Å². The maximum absolute atomic E-state index is 11.4. The molecule has 0 aliphatic carbocycles. The quantitative estimate of drug-likeness (QED) is 0.249. The Labute approximate surface area is 155 Å². The minimum atomic E-state index is -0.645. The zero-order valence-corrected chi connectivity index (χ0v) is 14.8. The van der Waals surface area contributed by atoms with Gasteiger partial charge in [-0.25, -0.2) is 0 Å². The number of imide groups is 2. The third-order valence-corrected chi connectivity index (χ3v) is 3.35. The Kier molecular flexibility index (Phi) is 7.05. The van der Waals surface area contributed by atoms with Crippen molar-refractivity contribution in [2.24, 2.45) is 17.8 Å². The first-order valence-corrected chi connectivity index (χ1v) is 5.52. The Morgan fingerprint density at radius 1 is 1.05 bits per heavy atom. The summed E-state index contributed by atoms with van der Waals surface area (Å²) < 4.78 is 0. The van der Waals surface area contributed by atoms with Crippen molar-refractivity contribution in [3.05, 3.63) is 12.7 Å². The third-order valence-electron chi connectivity index (χ3n) is 3.35. The summed E-state index contributed by atoms with van der Waals surface area (Å²) in [7, 11) is 1.45. The molecule has 0 aromatic rings. The van der Waals surface area contributed by atoms with Crippen molar-refractivity contribution in [1.29, 1.82) is 0 Å². The molecule has 2 fully saturated rings. The summed E-state index contributed by atoms with van der Waals surface area (Å²) in [6.45, 7) is 1.83. The van der Waals surface area contributed by atoms with Gasteiger partial charge in [0.05, 0.1) is 11.8 Å². The molecule has 2 aliphatic rings. The third kappa shape index (κ3) is 3.52. The fraction of sp³-hybridized carbons (Fsp3) is 0.583. The minimum absolute atomic E-state index is 0. The summed E-state index contributed by atoms with van der Waals surface area (Å²) in [6.07, 6.45) is 0.779. The fourth-order valence-electron chi connectivity index (χ4n) is 2.22. The summed E-state index contributed by atoms with van der Waals surface area (Å²) in [5, 5.41) is 3.19. The predicted octanol–water partition coefficient (Wildman–Crippen LogP) is -2.47. The molecule has 0 saturated carbocycles. The van der Waals surface area contributed by atoms with Crippen LogP contribution < -0.4 is 51.4 Å². The average molecular weight is 291 g/mol. The predicted molar refractivity (Wildman–Crippen MR) is 62.9 cm³/mol. The SMILES string of the molecule is C[C@@H](CC1C(=O)[N-]C1=O)CC1C(=O)N(C)C1=O.[CH3-].[K+]. The molecule has 2 heterocycles. The molecule has 0 radical (unpaired) electrons. The summed E-state index contributed by atoms with van der Waals surface area (Å²) in [6, 6.07) is 0. The topological polar surface area (TPSA) is 85.6 Å². The van der Waals surface area contributed by atoms with Crippen LogP contribution >= 0.6 is 0 Å². The van der Waals surface area contributed by atoms with E-state index in [1.54, 1.807) is 0 Å². The van der Waals surface area contributed by atoms with Gasteiger partial charge in [0.25, 0.3) is 0 Å². The van der Waals surface area contributed by atoms with Crippen LogP contribution in [0.2, 0.25) is 0 Å². The van der Waals surface area contributed by atoms with E-state index >= 15 is 0 Å². The van der Waals surface area contributed by atoms with Gasteiger partial charge in [0.15, 0.2) is 0 Å². The molecule has 2 aliphatic heterocycles. The second kappa shape index (κ2) is 7.08. The van der Waals surface area contributed by atoms with Crippen molar-refractivity contribution in [2.75, 3.05) is 7.05 Å². The number of nitrogens with zero attached hydrogens (tertiary/aromatic N) is 2. The van der Waals surface area contributed by atoms with E-state index in [1.165, 1.54) is 7.05 Å². The Hall–Kier alpha value is -0.0836. The van der Waals surface area contributed by atoms with Crippen LogP contribution in [0, 0.1) is 25.2 Å². The zero-order chi connectivity index (χ0) is 12.7. The Bertz CT molecular complexity index is 394. The number of amides is 4. The fourth-order valence-corrected chi connectivity index (χ4v) is 2.22. The largest absolute Gasteiger partial charge is 1.00 e. The molecule has 1 atom stereocenters. The van der Waals surface area contributed by atoms with Crippen molar-refractivity contribution in [2.45, 2.75) is 19.8 Å². The van der Waals surface area contributed by atoms with E-state index in [0.29, 0.717) is 12.8 Å². The van der Waals surface area contributed by atoms with Gasteiger partial charge in [-0.15, -0.1) is 0 Å². The molecule has 0 spiro atoms. The first-order chi connectivity index (χ1) is 7.91. The first kappa shape index (κ1) is 18.9. The second-order valence-corrected chi connectivity index (χ2v) is 4.71. The first-order valence-electron chi connectivity index (χ1n) is 5.52. The normalized spacial score (nSPS) is 20.8. The van der Waals surface area contributed by atoms with E-state index in [0.717, 1.165) is 4.90 Å². The van der Waals surface area contributed by atoms with E-state index in [4.69, 9.17) is 0 Å². The van der Waals surface area contributed by atoms with Crippen LogP contribution in [0.1, 0.15) is 19.8 Å². The number of rotatable bonds is 4. The van der Waals surface area contributed by atoms with Crippen LogP contribution in [0.25, 0.3) is 5.32 Å². The van der Waals surface area contributed by atoms with Gasteiger partial charge in [-0.2, -0.15) is 0 Å². The van der Waals surface area contributed by atoms with Crippen molar-refractivity contribution in [3.8, 4) is 0 Å². The summed E-state index contributed by atoms with van der Waals surface area (Å²) >= 11 is 0. The van der Waals surface area contributed by atoms with Gasteiger partial charge < -0.3 is 22.3 Å². The molecular weight excluding hydrogens is 275 g/mol. The smallest absolute Gasteiger partial charge is 0.595 e. The molecule has 0 aromatic heterocycles. The van der Waals surface area contributed by atoms with Crippen molar-refractivity contribution in [3.63, 3.8) is 0 Å². The molecule has 4 amide bonds. The standard InChI is InChI=1S/C11H14N2O4.CH3.K/c1-5(3-6-8(14)12-9(6)15)4-7-10(16)13(2)11(7)17;;/h5-7H,3-4H2,1-2H3,(H,12,14,15);1H3;/q;-1;+1/p-1/t5-;;/m0../s1. The van der Waals surface area contributed by atoms with Gasteiger partial charge in [0.2, 0.25) is 11.8 Å². The molecule has 0 aromatic carbocycles. The summed E-state index contributed by atoms with van der Waals surface area (Å²) in [4.78, 5) is 45.8. The van der Waals surface area contributed by atoms with E-state index in [2.05, 4.69) is 5.32 Å². The van der Waals surface area contributed by atoms with Crippen LogP contribution in [-0.4, -0.2) is 35.6 Å². The summed E-state index contributed by atoms with van der Waals surface area (Å²) in [5.41, 5.74) is 0. The number of hydrogen-bond acceptors (Lipinski definition) is 4. The number of likely N-dealkylation sites (tertiary alicyclic amines) is 1. The molecule has 0 bridgehead atoms. The van der Waals surface area contributed by atoms with Gasteiger partial charge in [-0.1, -0.05) is 6.92 Å². The molecular formula is C12H16KN2O4-. The number of hydrogen-bond donors (Lipinski definition) is 0. The van der Waals surface area contributed by atoms with Gasteiger partial charge in [-0.3, -0.25) is 14.5 Å². The van der Waals surface area contributed by atoms with Crippen molar-refractivity contribution >= 4 is 23.6 Å². The molecule has 2 saturated heterocycles. The van der Waals surface area contributed by atoms with Crippen LogP contribution in [-0.2, 0) is 19.2 Å². The maximum atomic E-state index is 11.4. The van der Waals surface area contributed by atoms with Gasteiger partial charge in [0.1, 0.15) is 5.92 Å². The van der Waals surface area contributed by atoms with E-state index in [9.17, 15) is 19.2 Å². The average Bonchev–Trinajstić information content (AvgIpc) is 2.32. The van der Waals surface area contributed by atoms with Crippen molar-refractivity contribution in [1.82, 2.24) is 4.90 Å². The Morgan fingerprint density at radius 2 is 1.47 bits per heavy atom. The van der Waals surface area contributed by atoms with Crippen LogP contribution in [0.5, 0.6) is 0 Å². The molecule has 2 rings (SSSR count). The van der Waals surface area contributed by atoms with Crippen LogP contribution in [0.15, 0.2) is 0 Å². The molecule has 100 valence electrons. The molecule has 19 heavy (non-hydrogen) atoms. The molecule has 7 heteroatoms. The number of β-lactam (4-membered cyclic amide) rings is 4. The van der Waals surface area contributed by atoms with E-state index < -0.39 is 11.8 Å². The van der Waals surface area contributed by atoms with Gasteiger partial charge in [0, 0.05) is 13.0 Å². The van der Waals surface area contributed by atoms with Gasteiger partial charge >= 0.3 is 51.4 Å². The summed E-state index contributed by atoms with van der Waals surface area (Å²) in [5.74, 6) is -2.38. The van der Waals surface area contributed by atoms with Crippen LogP contribution in [0.3, 0.4) is 0 Å². The maximum Gasteiger partial charge on any atom is 1.00 e.